The molecular formula is C20H28N4O4S. The van der Waals surface area contributed by atoms with Gasteiger partial charge in [-0.25, -0.2) is 4.98 Å². The van der Waals surface area contributed by atoms with Crippen LogP contribution in [0.25, 0.3) is 10.2 Å². The van der Waals surface area contributed by atoms with Crippen molar-refractivity contribution in [2.75, 3.05) is 27.3 Å². The van der Waals surface area contributed by atoms with Crippen molar-refractivity contribution in [1.82, 2.24) is 20.2 Å². The van der Waals surface area contributed by atoms with Crippen molar-refractivity contribution in [2.24, 2.45) is 5.92 Å². The molecule has 0 bridgehead atoms. The summed E-state index contributed by atoms with van der Waals surface area (Å²) in [4.78, 5) is 37.5. The van der Waals surface area contributed by atoms with E-state index in [4.69, 9.17) is 9.47 Å². The summed E-state index contributed by atoms with van der Waals surface area (Å²) in [6.07, 6.45) is 1.35. The first-order chi connectivity index (χ1) is 13.8. The maximum absolute atomic E-state index is 13.2. The van der Waals surface area contributed by atoms with Crippen molar-refractivity contribution >= 4 is 33.4 Å². The Balaban J connectivity index is 1.79. The average molecular weight is 421 g/mol. The monoisotopic (exact) mass is 420 g/mol. The van der Waals surface area contributed by atoms with E-state index in [0.29, 0.717) is 42.5 Å². The van der Waals surface area contributed by atoms with Crippen LogP contribution < -0.4 is 10.1 Å². The lowest BCUT2D eigenvalue weighted by Gasteiger charge is -2.31. The number of piperidine rings is 1. The fraction of sp³-hybridized carbons (Fsp3) is 0.600. The number of nitrogens with zero attached hydrogens (tertiary/aromatic N) is 3. The van der Waals surface area contributed by atoms with Crippen molar-refractivity contribution in [1.29, 1.82) is 0 Å². The largest absolute Gasteiger partial charge is 0.480 e. The fourth-order valence-corrected chi connectivity index (χ4v) is 4.74. The zero-order valence-electron chi connectivity index (χ0n) is 17.6. The highest BCUT2D eigenvalue weighted by Gasteiger charge is 2.30. The molecule has 0 aliphatic carbocycles. The van der Waals surface area contributed by atoms with Gasteiger partial charge in [-0.3, -0.25) is 9.59 Å². The minimum atomic E-state index is -0.0347. The van der Waals surface area contributed by atoms with E-state index in [1.54, 1.807) is 14.2 Å². The Morgan fingerprint density at radius 2 is 1.93 bits per heavy atom. The Labute approximate surface area is 174 Å². The first-order valence-corrected chi connectivity index (χ1v) is 10.6. The van der Waals surface area contributed by atoms with Gasteiger partial charge in [-0.15, -0.1) is 11.3 Å². The molecule has 1 N–H and O–H groups in total. The highest BCUT2D eigenvalue weighted by Crippen LogP contribution is 2.36. The third-order valence-corrected chi connectivity index (χ3v) is 6.22. The Kier molecular flexibility index (Phi) is 6.69. The number of methoxy groups -OCH3 is 2. The molecule has 2 amide bonds. The molecule has 158 valence electrons. The number of carbonyl (C=O) groups is 2. The maximum atomic E-state index is 13.2. The molecule has 1 fully saturated rings. The van der Waals surface area contributed by atoms with Crippen LogP contribution in [0.3, 0.4) is 0 Å². The molecule has 9 heteroatoms. The molecular weight excluding hydrogens is 392 g/mol. The lowest BCUT2D eigenvalue weighted by atomic mass is 9.95. The lowest BCUT2D eigenvalue weighted by molar-refractivity contribution is -0.126. The van der Waals surface area contributed by atoms with Gasteiger partial charge in [0.2, 0.25) is 11.8 Å². The quantitative estimate of drug-likeness (QED) is 0.772. The van der Waals surface area contributed by atoms with Crippen LogP contribution in [-0.2, 0) is 16.1 Å². The van der Waals surface area contributed by atoms with Crippen LogP contribution in [0.15, 0.2) is 0 Å². The molecule has 1 saturated heterocycles. The van der Waals surface area contributed by atoms with E-state index in [9.17, 15) is 9.59 Å². The van der Waals surface area contributed by atoms with Gasteiger partial charge in [0.1, 0.15) is 11.4 Å². The van der Waals surface area contributed by atoms with Gasteiger partial charge in [-0.05, 0) is 39.2 Å². The predicted molar refractivity (Wildman–Crippen MR) is 111 cm³/mol. The second-order valence-corrected chi connectivity index (χ2v) is 8.55. The minimum absolute atomic E-state index is 0.0245. The van der Waals surface area contributed by atoms with Crippen LogP contribution in [0.5, 0.6) is 5.88 Å². The molecule has 1 aliphatic rings. The number of amides is 2. The molecule has 0 spiro atoms. The van der Waals surface area contributed by atoms with E-state index in [2.05, 4.69) is 15.3 Å². The van der Waals surface area contributed by atoms with E-state index in [1.807, 2.05) is 25.7 Å². The number of hydrogen-bond acceptors (Lipinski definition) is 7. The number of aromatic nitrogens is 2. The van der Waals surface area contributed by atoms with E-state index in [0.717, 1.165) is 15.8 Å². The van der Waals surface area contributed by atoms with Crippen molar-refractivity contribution in [2.45, 2.75) is 46.3 Å². The number of nitrogens with one attached hydrogen (secondary N) is 1. The van der Waals surface area contributed by atoms with E-state index in [1.165, 1.54) is 11.3 Å². The Bertz CT molecular complexity index is 904. The number of carbonyl (C=O) groups excluding carboxylic acids is 2. The van der Waals surface area contributed by atoms with Gasteiger partial charge in [0.25, 0.3) is 5.91 Å². The lowest BCUT2D eigenvalue weighted by Crippen LogP contribution is -2.44. The van der Waals surface area contributed by atoms with Crippen molar-refractivity contribution in [3.8, 4) is 5.88 Å². The third-order valence-electron chi connectivity index (χ3n) is 5.05. The molecule has 3 heterocycles. The molecule has 2 aromatic heterocycles. The predicted octanol–water partition coefficient (Wildman–Crippen LogP) is 2.53. The first kappa shape index (κ1) is 21.4. The molecule has 8 nitrogen and oxygen atoms in total. The first-order valence-electron chi connectivity index (χ1n) is 9.78. The standard InChI is InChI=1S/C20H28N4O4S/c1-11(2)21-17(25)13-6-8-24(9-7-13)20(26)16-12(3)15-18(28-5)22-14(10-27-4)23-19(15)29-16/h11,13H,6-10H2,1-5H3,(H,21,25). The normalized spacial score (nSPS) is 15.2. The number of likely N-dealkylation sites (tertiary alicyclic amines) is 1. The van der Waals surface area contributed by atoms with E-state index in [-0.39, 0.29) is 30.4 Å². The van der Waals surface area contributed by atoms with E-state index >= 15 is 0 Å². The maximum Gasteiger partial charge on any atom is 0.264 e. The summed E-state index contributed by atoms with van der Waals surface area (Å²) >= 11 is 1.35. The zero-order valence-corrected chi connectivity index (χ0v) is 18.4. The van der Waals surface area contributed by atoms with Crippen molar-refractivity contribution in [3.63, 3.8) is 0 Å². The number of fused-ring (bicyclic) bond motifs is 1. The number of aryl methyl sites for hydroxylation is 1. The highest BCUT2D eigenvalue weighted by atomic mass is 32.1. The minimum Gasteiger partial charge on any atom is -0.480 e. The summed E-state index contributed by atoms with van der Waals surface area (Å²) in [6, 6.07) is 0.127. The van der Waals surface area contributed by atoms with Crippen LogP contribution in [0.4, 0.5) is 0 Å². The summed E-state index contributed by atoms with van der Waals surface area (Å²) in [6.45, 7) is 7.22. The topological polar surface area (TPSA) is 93.7 Å². The summed E-state index contributed by atoms with van der Waals surface area (Å²) in [5.41, 5.74) is 0.829. The van der Waals surface area contributed by atoms with Crippen LogP contribution in [0.2, 0.25) is 0 Å². The average Bonchev–Trinajstić information content (AvgIpc) is 3.03. The zero-order chi connectivity index (χ0) is 21.1. The summed E-state index contributed by atoms with van der Waals surface area (Å²) in [7, 11) is 3.14. The van der Waals surface area contributed by atoms with E-state index < -0.39 is 0 Å². The molecule has 3 rings (SSSR count). The van der Waals surface area contributed by atoms with Gasteiger partial charge < -0.3 is 19.7 Å². The number of hydrogen-bond donors (Lipinski definition) is 1. The molecule has 0 saturated carbocycles. The van der Waals surface area contributed by atoms with Crippen LogP contribution in [0, 0.1) is 12.8 Å². The number of ether oxygens (including phenoxy) is 2. The van der Waals surface area contributed by atoms with Gasteiger partial charge >= 0.3 is 0 Å². The Hall–Kier alpha value is -2.26. The molecule has 0 atom stereocenters. The van der Waals surface area contributed by atoms with Crippen molar-refractivity contribution in [3.05, 3.63) is 16.3 Å². The molecule has 29 heavy (non-hydrogen) atoms. The second-order valence-electron chi connectivity index (χ2n) is 7.55. The molecule has 0 aromatic carbocycles. The van der Waals surface area contributed by atoms with Crippen LogP contribution in [-0.4, -0.2) is 60.0 Å². The summed E-state index contributed by atoms with van der Waals surface area (Å²) in [5.74, 6) is 1.000. The molecule has 0 unspecified atom stereocenters. The number of rotatable bonds is 6. The smallest absolute Gasteiger partial charge is 0.264 e. The fourth-order valence-electron chi connectivity index (χ4n) is 3.58. The van der Waals surface area contributed by atoms with Crippen LogP contribution in [0.1, 0.15) is 47.7 Å². The highest BCUT2D eigenvalue weighted by molar-refractivity contribution is 7.20. The van der Waals surface area contributed by atoms with Gasteiger partial charge in [0.15, 0.2) is 5.82 Å². The molecule has 2 aromatic rings. The molecule has 1 aliphatic heterocycles. The van der Waals surface area contributed by atoms with Gasteiger partial charge in [-0.2, -0.15) is 4.98 Å². The van der Waals surface area contributed by atoms with Gasteiger partial charge in [-0.1, -0.05) is 0 Å². The third kappa shape index (κ3) is 4.51. The Morgan fingerprint density at radius 3 is 2.52 bits per heavy atom. The summed E-state index contributed by atoms with van der Waals surface area (Å²) < 4.78 is 10.6. The summed E-state index contributed by atoms with van der Waals surface area (Å²) in [5, 5.41) is 3.73. The van der Waals surface area contributed by atoms with Crippen LogP contribution >= 0.6 is 11.3 Å². The van der Waals surface area contributed by atoms with Crippen molar-refractivity contribution < 1.29 is 19.1 Å². The molecule has 0 radical (unpaired) electrons. The second kappa shape index (κ2) is 9.04. The Morgan fingerprint density at radius 1 is 1.24 bits per heavy atom. The number of thiophene rings is 1. The SMILES string of the molecule is COCc1nc(OC)c2c(C)c(C(=O)N3CCC(C(=O)NC(C)C)CC3)sc2n1. The van der Waals surface area contributed by atoms with Gasteiger partial charge in [0, 0.05) is 32.2 Å². The van der Waals surface area contributed by atoms with Gasteiger partial charge in [0.05, 0.1) is 17.4 Å².